The average Bonchev–Trinajstić information content (AvgIpc) is 2.48. The maximum atomic E-state index is 10.9. The van der Waals surface area contributed by atoms with E-state index < -0.39 is 0 Å². The summed E-state index contributed by atoms with van der Waals surface area (Å²) < 4.78 is 0. The van der Waals surface area contributed by atoms with Crippen molar-refractivity contribution in [2.24, 2.45) is 0 Å². The lowest BCUT2D eigenvalue weighted by Crippen LogP contribution is -1.95. The smallest absolute Gasteiger partial charge is 0.152 e. The van der Waals surface area contributed by atoms with Crippen molar-refractivity contribution in [2.45, 2.75) is 0 Å². The molecule has 0 saturated carbocycles. The monoisotopic (exact) mass is 249 g/mol. The summed E-state index contributed by atoms with van der Waals surface area (Å²) in [7, 11) is 0. The van der Waals surface area contributed by atoms with Gasteiger partial charge in [0.2, 0.25) is 0 Å². The lowest BCUT2D eigenvalue weighted by molar-refractivity contribution is 0.112. The fraction of sp³-hybridized carbons (Fsp3) is 0. The molecule has 2 heterocycles. The van der Waals surface area contributed by atoms with E-state index in [9.17, 15) is 4.79 Å². The molecule has 19 heavy (non-hydrogen) atoms. The van der Waals surface area contributed by atoms with Crippen LogP contribution < -0.4 is 5.73 Å². The van der Waals surface area contributed by atoms with Gasteiger partial charge in [0.05, 0.1) is 16.9 Å². The summed E-state index contributed by atoms with van der Waals surface area (Å²) in [4.78, 5) is 19.5. The van der Waals surface area contributed by atoms with Crippen LogP contribution >= 0.6 is 0 Å². The van der Waals surface area contributed by atoms with Crippen molar-refractivity contribution in [3.8, 4) is 11.3 Å². The topological polar surface area (TPSA) is 68.9 Å². The van der Waals surface area contributed by atoms with Crippen LogP contribution in [0.1, 0.15) is 10.4 Å². The van der Waals surface area contributed by atoms with Crippen molar-refractivity contribution in [1.29, 1.82) is 0 Å². The molecule has 0 saturated heterocycles. The largest absolute Gasteiger partial charge is 0.398 e. The van der Waals surface area contributed by atoms with Crippen LogP contribution in [0.4, 0.5) is 5.69 Å². The van der Waals surface area contributed by atoms with Gasteiger partial charge in [-0.2, -0.15) is 0 Å². The summed E-state index contributed by atoms with van der Waals surface area (Å²) in [5.41, 5.74) is 9.44. The summed E-state index contributed by atoms with van der Waals surface area (Å²) >= 11 is 0. The van der Waals surface area contributed by atoms with Crippen molar-refractivity contribution in [3.05, 3.63) is 54.4 Å². The first-order valence-corrected chi connectivity index (χ1v) is 5.84. The van der Waals surface area contributed by atoms with Crippen LogP contribution in [0.15, 0.2) is 48.8 Å². The van der Waals surface area contributed by atoms with Gasteiger partial charge >= 0.3 is 0 Å². The molecule has 0 aliphatic carbocycles. The minimum atomic E-state index is 0.470. The second kappa shape index (κ2) is 4.49. The number of nitrogens with two attached hydrogens (primary N) is 1. The number of carbonyl (C=O) groups excluding carboxylic acids is 1. The Kier molecular flexibility index (Phi) is 2.68. The van der Waals surface area contributed by atoms with Crippen molar-refractivity contribution >= 4 is 22.9 Å². The molecule has 4 nitrogen and oxygen atoms in total. The van der Waals surface area contributed by atoms with Gasteiger partial charge in [0, 0.05) is 28.9 Å². The van der Waals surface area contributed by atoms with Gasteiger partial charge in [0.1, 0.15) is 0 Å². The molecule has 0 bridgehead atoms. The number of fused-ring (bicyclic) bond motifs is 1. The van der Waals surface area contributed by atoms with E-state index in [-0.39, 0.29) is 0 Å². The highest BCUT2D eigenvalue weighted by atomic mass is 16.1. The molecular weight excluding hydrogens is 238 g/mol. The SMILES string of the molecule is Nc1c(C=O)ccc2nc(-c3cccnc3)ccc12. The molecule has 3 rings (SSSR count). The van der Waals surface area contributed by atoms with Crippen LogP contribution in [-0.2, 0) is 0 Å². The van der Waals surface area contributed by atoms with E-state index in [1.807, 2.05) is 24.3 Å². The third-order valence-electron chi connectivity index (χ3n) is 3.03. The molecule has 0 radical (unpaired) electrons. The van der Waals surface area contributed by atoms with E-state index in [1.54, 1.807) is 24.5 Å². The normalized spacial score (nSPS) is 10.5. The van der Waals surface area contributed by atoms with Gasteiger partial charge in [-0.05, 0) is 36.4 Å². The molecule has 0 aliphatic heterocycles. The number of benzene rings is 1. The zero-order valence-electron chi connectivity index (χ0n) is 10.1. The fourth-order valence-electron chi connectivity index (χ4n) is 2.02. The molecule has 0 atom stereocenters. The van der Waals surface area contributed by atoms with Crippen LogP contribution in [0.2, 0.25) is 0 Å². The quantitative estimate of drug-likeness (QED) is 0.560. The maximum Gasteiger partial charge on any atom is 0.152 e. The van der Waals surface area contributed by atoms with E-state index in [1.165, 1.54) is 0 Å². The van der Waals surface area contributed by atoms with Crippen molar-refractivity contribution in [1.82, 2.24) is 9.97 Å². The van der Waals surface area contributed by atoms with Crippen molar-refractivity contribution < 1.29 is 4.79 Å². The maximum absolute atomic E-state index is 10.9. The summed E-state index contributed by atoms with van der Waals surface area (Å²) in [6, 6.07) is 11.1. The molecule has 0 amide bonds. The Morgan fingerprint density at radius 2 is 2.00 bits per heavy atom. The fourth-order valence-corrected chi connectivity index (χ4v) is 2.02. The first-order valence-electron chi connectivity index (χ1n) is 5.84. The number of pyridine rings is 2. The van der Waals surface area contributed by atoms with Gasteiger partial charge in [-0.3, -0.25) is 9.78 Å². The predicted molar refractivity (Wildman–Crippen MR) is 74.8 cm³/mol. The molecule has 0 aliphatic rings. The van der Waals surface area contributed by atoms with E-state index in [0.717, 1.165) is 28.4 Å². The molecule has 92 valence electrons. The van der Waals surface area contributed by atoms with E-state index in [4.69, 9.17) is 5.73 Å². The Balaban J connectivity index is 2.20. The molecule has 0 unspecified atom stereocenters. The Morgan fingerprint density at radius 3 is 2.74 bits per heavy atom. The van der Waals surface area contributed by atoms with Crippen LogP contribution in [0.5, 0.6) is 0 Å². The van der Waals surface area contributed by atoms with Gasteiger partial charge < -0.3 is 5.73 Å². The van der Waals surface area contributed by atoms with Crippen LogP contribution in [0, 0.1) is 0 Å². The molecular formula is C15H11N3O. The molecule has 4 heteroatoms. The molecule has 1 aromatic carbocycles. The lowest BCUT2D eigenvalue weighted by Gasteiger charge is -2.06. The number of nitrogens with zero attached hydrogens (tertiary/aromatic N) is 2. The number of hydrogen-bond donors (Lipinski definition) is 1. The van der Waals surface area contributed by atoms with Crippen molar-refractivity contribution in [2.75, 3.05) is 5.73 Å². The van der Waals surface area contributed by atoms with Crippen LogP contribution in [0.3, 0.4) is 0 Å². The highest BCUT2D eigenvalue weighted by molar-refractivity contribution is 6.00. The van der Waals surface area contributed by atoms with E-state index >= 15 is 0 Å². The zero-order valence-corrected chi connectivity index (χ0v) is 10.1. The standard InChI is InChI=1S/C15H11N3O/c16-15-11(9-19)3-5-14-12(15)4-6-13(18-14)10-2-1-7-17-8-10/h1-9H,16H2. The van der Waals surface area contributed by atoms with E-state index in [0.29, 0.717) is 11.3 Å². The highest BCUT2D eigenvalue weighted by Gasteiger charge is 2.06. The number of anilines is 1. The van der Waals surface area contributed by atoms with Crippen LogP contribution in [0.25, 0.3) is 22.2 Å². The van der Waals surface area contributed by atoms with Gasteiger partial charge in [0.25, 0.3) is 0 Å². The van der Waals surface area contributed by atoms with Gasteiger partial charge in [-0.15, -0.1) is 0 Å². The van der Waals surface area contributed by atoms with Gasteiger partial charge in [-0.25, -0.2) is 4.98 Å². The highest BCUT2D eigenvalue weighted by Crippen LogP contribution is 2.25. The number of rotatable bonds is 2. The number of nitrogen functional groups attached to an aromatic ring is 1. The van der Waals surface area contributed by atoms with Gasteiger partial charge in [-0.1, -0.05) is 0 Å². The third kappa shape index (κ3) is 1.93. The Morgan fingerprint density at radius 1 is 1.11 bits per heavy atom. The number of hydrogen-bond acceptors (Lipinski definition) is 4. The molecule has 3 aromatic rings. The summed E-state index contributed by atoms with van der Waals surface area (Å²) in [5, 5.41) is 0.789. The molecule has 0 spiro atoms. The first-order chi connectivity index (χ1) is 9.29. The van der Waals surface area contributed by atoms with E-state index in [2.05, 4.69) is 9.97 Å². The molecule has 0 fully saturated rings. The summed E-state index contributed by atoms with van der Waals surface area (Å²) in [5.74, 6) is 0. The molecule has 2 N–H and O–H groups in total. The minimum Gasteiger partial charge on any atom is -0.398 e. The predicted octanol–water partition coefficient (Wildman–Crippen LogP) is 2.69. The average molecular weight is 249 g/mol. The summed E-state index contributed by atoms with van der Waals surface area (Å²) in [6.45, 7) is 0. The Hall–Kier alpha value is -2.75. The number of aromatic nitrogens is 2. The number of aldehydes is 1. The lowest BCUT2D eigenvalue weighted by atomic mass is 10.1. The van der Waals surface area contributed by atoms with Crippen LogP contribution in [-0.4, -0.2) is 16.3 Å². The Labute approximate surface area is 109 Å². The second-order valence-electron chi connectivity index (χ2n) is 4.19. The van der Waals surface area contributed by atoms with Gasteiger partial charge in [0.15, 0.2) is 6.29 Å². The first kappa shape index (κ1) is 11.3. The Bertz CT molecular complexity index is 754. The summed E-state index contributed by atoms with van der Waals surface area (Å²) in [6.07, 6.45) is 4.24. The molecule has 2 aromatic heterocycles. The van der Waals surface area contributed by atoms with Crippen molar-refractivity contribution in [3.63, 3.8) is 0 Å². The third-order valence-corrected chi connectivity index (χ3v) is 3.03. The second-order valence-corrected chi connectivity index (χ2v) is 4.19. The number of carbonyl (C=O) groups is 1. The zero-order chi connectivity index (χ0) is 13.2. The minimum absolute atomic E-state index is 0.470.